The predicted octanol–water partition coefficient (Wildman–Crippen LogP) is 5.15. The fraction of sp³-hybridized carbons (Fsp3) is 0.0556. The van der Waals surface area contributed by atoms with E-state index in [0.29, 0.717) is 26.7 Å². The molecule has 0 aliphatic rings. The summed E-state index contributed by atoms with van der Waals surface area (Å²) < 4.78 is 12.9. The number of aromatic amines is 1. The van der Waals surface area contributed by atoms with Gasteiger partial charge in [0.1, 0.15) is 11.6 Å². The lowest BCUT2D eigenvalue weighted by Gasteiger charge is -2.08. The van der Waals surface area contributed by atoms with Gasteiger partial charge in [-0.1, -0.05) is 59.2 Å². The molecule has 3 aromatic rings. The van der Waals surface area contributed by atoms with Crippen LogP contribution >= 0.6 is 35.0 Å². The van der Waals surface area contributed by atoms with Crippen molar-refractivity contribution in [2.75, 3.05) is 11.1 Å². The van der Waals surface area contributed by atoms with Gasteiger partial charge < -0.3 is 5.32 Å². The lowest BCUT2D eigenvalue weighted by molar-refractivity contribution is -0.113. The van der Waals surface area contributed by atoms with E-state index in [9.17, 15) is 9.18 Å². The van der Waals surface area contributed by atoms with Gasteiger partial charge in [0.15, 0.2) is 0 Å². The van der Waals surface area contributed by atoms with Gasteiger partial charge in [-0.2, -0.15) is 0 Å². The highest BCUT2D eigenvalue weighted by molar-refractivity contribution is 7.99. The Balaban J connectivity index is 1.54. The highest BCUT2D eigenvalue weighted by atomic mass is 35.5. The van der Waals surface area contributed by atoms with E-state index in [1.165, 1.54) is 23.9 Å². The van der Waals surface area contributed by atoms with Gasteiger partial charge in [0, 0.05) is 0 Å². The van der Waals surface area contributed by atoms with E-state index >= 15 is 0 Å². The number of hydrogen-bond acceptors (Lipinski definition) is 4. The van der Waals surface area contributed by atoms with E-state index in [1.54, 1.807) is 42.5 Å². The maximum Gasteiger partial charge on any atom is 0.234 e. The lowest BCUT2D eigenvalue weighted by Crippen LogP contribution is -2.14. The molecule has 0 bridgehead atoms. The molecule has 27 heavy (non-hydrogen) atoms. The summed E-state index contributed by atoms with van der Waals surface area (Å²) in [4.78, 5) is 16.3. The van der Waals surface area contributed by atoms with Crippen LogP contribution in [0, 0.1) is 5.82 Å². The first kappa shape index (κ1) is 19.4. The van der Waals surface area contributed by atoms with Crippen LogP contribution in [0.1, 0.15) is 11.4 Å². The number of benzene rings is 2. The van der Waals surface area contributed by atoms with Crippen molar-refractivity contribution in [2.24, 2.45) is 0 Å². The second-order valence-electron chi connectivity index (χ2n) is 5.32. The summed E-state index contributed by atoms with van der Waals surface area (Å²) in [6.07, 6.45) is 3.49. The SMILES string of the molecule is O=C(CSc1n[nH]c(/C=C/c2ccc(F)cc2)n1)Nc1c(Cl)cccc1Cl. The maximum absolute atomic E-state index is 12.9. The zero-order chi connectivity index (χ0) is 19.2. The molecule has 5 nitrogen and oxygen atoms in total. The number of carbonyl (C=O) groups excluding carboxylic acids is 1. The Kier molecular flexibility index (Phi) is 6.49. The number of carbonyl (C=O) groups is 1. The summed E-state index contributed by atoms with van der Waals surface area (Å²) in [5, 5.41) is 10.6. The van der Waals surface area contributed by atoms with E-state index in [2.05, 4.69) is 20.5 Å². The Bertz CT molecular complexity index is 955. The van der Waals surface area contributed by atoms with Crippen LogP contribution in [0.3, 0.4) is 0 Å². The van der Waals surface area contributed by atoms with Crippen molar-refractivity contribution in [1.29, 1.82) is 0 Å². The molecular weight excluding hydrogens is 410 g/mol. The highest BCUT2D eigenvalue weighted by Gasteiger charge is 2.11. The van der Waals surface area contributed by atoms with Gasteiger partial charge in [0.25, 0.3) is 0 Å². The Morgan fingerprint density at radius 3 is 2.56 bits per heavy atom. The zero-order valence-corrected chi connectivity index (χ0v) is 16.1. The van der Waals surface area contributed by atoms with Crippen LogP contribution in [0.5, 0.6) is 0 Å². The van der Waals surface area contributed by atoms with Crippen LogP contribution in [0.4, 0.5) is 10.1 Å². The molecule has 0 radical (unpaired) electrons. The lowest BCUT2D eigenvalue weighted by atomic mass is 10.2. The van der Waals surface area contributed by atoms with Crippen molar-refractivity contribution in [1.82, 2.24) is 15.2 Å². The van der Waals surface area contributed by atoms with Gasteiger partial charge >= 0.3 is 0 Å². The summed E-state index contributed by atoms with van der Waals surface area (Å²) >= 11 is 13.2. The Labute approximate surface area is 169 Å². The van der Waals surface area contributed by atoms with Gasteiger partial charge in [-0.05, 0) is 35.9 Å². The van der Waals surface area contributed by atoms with Crippen LogP contribution in [0.2, 0.25) is 10.0 Å². The number of nitrogens with zero attached hydrogens (tertiary/aromatic N) is 2. The fourth-order valence-electron chi connectivity index (χ4n) is 2.07. The second-order valence-corrected chi connectivity index (χ2v) is 7.08. The minimum Gasteiger partial charge on any atom is -0.323 e. The first-order chi connectivity index (χ1) is 13.0. The monoisotopic (exact) mass is 422 g/mol. The van der Waals surface area contributed by atoms with Gasteiger partial charge in [-0.25, -0.2) is 9.37 Å². The molecule has 9 heteroatoms. The highest BCUT2D eigenvalue weighted by Crippen LogP contribution is 2.30. The number of anilines is 1. The number of rotatable bonds is 6. The topological polar surface area (TPSA) is 70.7 Å². The minimum absolute atomic E-state index is 0.0977. The van der Waals surface area contributed by atoms with Crippen molar-refractivity contribution >= 4 is 58.7 Å². The molecule has 0 saturated carbocycles. The van der Waals surface area contributed by atoms with Crippen LogP contribution in [0.25, 0.3) is 12.2 Å². The number of para-hydroxylation sites is 1. The van der Waals surface area contributed by atoms with E-state index in [1.807, 2.05) is 0 Å². The van der Waals surface area contributed by atoms with Crippen LogP contribution in [0.15, 0.2) is 47.6 Å². The van der Waals surface area contributed by atoms with E-state index in [0.717, 1.165) is 5.56 Å². The molecule has 0 spiro atoms. The average molecular weight is 423 g/mol. The molecule has 0 unspecified atom stereocenters. The largest absolute Gasteiger partial charge is 0.323 e. The van der Waals surface area contributed by atoms with Crippen LogP contribution < -0.4 is 5.32 Å². The van der Waals surface area contributed by atoms with Crippen molar-refractivity contribution in [3.8, 4) is 0 Å². The summed E-state index contributed by atoms with van der Waals surface area (Å²) in [6, 6.07) is 11.1. The number of hydrogen-bond donors (Lipinski definition) is 2. The molecule has 138 valence electrons. The Morgan fingerprint density at radius 2 is 1.85 bits per heavy atom. The van der Waals surface area contributed by atoms with E-state index in [4.69, 9.17) is 23.2 Å². The average Bonchev–Trinajstić information content (AvgIpc) is 3.11. The number of amides is 1. The zero-order valence-electron chi connectivity index (χ0n) is 13.7. The maximum atomic E-state index is 12.9. The first-order valence-corrected chi connectivity index (χ1v) is 9.48. The molecule has 0 saturated heterocycles. The number of nitrogens with one attached hydrogen (secondary N) is 2. The molecule has 0 aliphatic carbocycles. The fourth-order valence-corrected chi connectivity index (χ4v) is 3.17. The van der Waals surface area contributed by atoms with Crippen molar-refractivity contribution in [3.63, 3.8) is 0 Å². The molecule has 3 rings (SSSR count). The van der Waals surface area contributed by atoms with Crippen LogP contribution in [-0.4, -0.2) is 26.8 Å². The van der Waals surface area contributed by atoms with E-state index < -0.39 is 0 Å². The van der Waals surface area contributed by atoms with E-state index in [-0.39, 0.29) is 17.5 Å². The molecule has 1 aromatic heterocycles. The number of H-pyrrole nitrogens is 1. The molecule has 0 atom stereocenters. The predicted molar refractivity (Wildman–Crippen MR) is 108 cm³/mol. The standard InChI is InChI=1S/C18H13Cl2FN4OS/c19-13-2-1-3-14(20)17(13)23-16(26)10-27-18-22-15(24-25-18)9-6-11-4-7-12(21)8-5-11/h1-9H,10H2,(H,23,26)(H,22,24,25)/b9-6+. The Hall–Kier alpha value is -2.35. The van der Waals surface area contributed by atoms with Crippen molar-refractivity contribution < 1.29 is 9.18 Å². The number of thioether (sulfide) groups is 1. The third kappa shape index (κ3) is 5.56. The third-order valence-corrected chi connectivity index (χ3v) is 4.82. The third-order valence-electron chi connectivity index (χ3n) is 3.35. The smallest absolute Gasteiger partial charge is 0.234 e. The number of aromatic nitrogens is 3. The molecule has 0 aliphatic heterocycles. The molecule has 2 aromatic carbocycles. The summed E-state index contributed by atoms with van der Waals surface area (Å²) in [6.45, 7) is 0. The second kappa shape index (κ2) is 9.03. The normalized spacial score (nSPS) is 11.1. The number of halogens is 3. The quantitative estimate of drug-likeness (QED) is 0.538. The van der Waals surface area contributed by atoms with Crippen molar-refractivity contribution in [2.45, 2.75) is 5.16 Å². The van der Waals surface area contributed by atoms with Gasteiger partial charge in [0.05, 0.1) is 21.5 Å². The molecule has 1 heterocycles. The molecule has 0 fully saturated rings. The molecular formula is C18H13Cl2FN4OS. The summed E-state index contributed by atoms with van der Waals surface area (Å²) in [7, 11) is 0. The Morgan fingerprint density at radius 1 is 1.15 bits per heavy atom. The summed E-state index contributed by atoms with van der Waals surface area (Å²) in [5.41, 5.74) is 1.21. The first-order valence-electron chi connectivity index (χ1n) is 7.74. The molecule has 1 amide bonds. The van der Waals surface area contributed by atoms with Gasteiger partial charge in [-0.3, -0.25) is 9.89 Å². The van der Waals surface area contributed by atoms with Crippen LogP contribution in [-0.2, 0) is 4.79 Å². The minimum atomic E-state index is -0.290. The summed E-state index contributed by atoms with van der Waals surface area (Å²) in [5.74, 6) is 0.0574. The van der Waals surface area contributed by atoms with Gasteiger partial charge in [-0.15, -0.1) is 5.10 Å². The van der Waals surface area contributed by atoms with Gasteiger partial charge in [0.2, 0.25) is 11.1 Å². The molecule has 2 N–H and O–H groups in total. The van der Waals surface area contributed by atoms with Crippen molar-refractivity contribution in [3.05, 3.63) is 69.7 Å².